The van der Waals surface area contributed by atoms with Crippen LogP contribution in [-0.4, -0.2) is 34.7 Å². The quantitative estimate of drug-likeness (QED) is 0.580. The summed E-state index contributed by atoms with van der Waals surface area (Å²) in [5.41, 5.74) is 2.67. The minimum absolute atomic E-state index is 0.209. The number of benzene rings is 1. The normalized spacial score (nSPS) is 11.1. The summed E-state index contributed by atoms with van der Waals surface area (Å²) < 4.78 is 3.62. The number of thioether (sulfide) groups is 1. The SMILES string of the molecule is Oc1ccc(-n2nnnc2SCc2cn3ccccc3n2)cc1. The number of phenols is 1. The zero-order chi connectivity index (χ0) is 15.6. The van der Waals surface area contributed by atoms with Crippen molar-refractivity contribution in [3.63, 3.8) is 0 Å². The number of aromatic nitrogens is 6. The van der Waals surface area contributed by atoms with Crippen LogP contribution in [0.2, 0.25) is 0 Å². The molecule has 114 valence electrons. The minimum atomic E-state index is 0.209. The van der Waals surface area contributed by atoms with E-state index in [0.717, 1.165) is 17.0 Å². The molecule has 0 amide bonds. The van der Waals surface area contributed by atoms with Gasteiger partial charge in [0.25, 0.3) is 0 Å². The Balaban J connectivity index is 1.55. The molecule has 8 heteroatoms. The molecule has 0 aliphatic rings. The lowest BCUT2D eigenvalue weighted by molar-refractivity contribution is 0.475. The molecule has 0 aliphatic carbocycles. The third-order valence-corrected chi connectivity index (χ3v) is 4.25. The number of imidazole rings is 1. The monoisotopic (exact) mass is 324 g/mol. The van der Waals surface area contributed by atoms with Crippen LogP contribution in [0.5, 0.6) is 5.75 Å². The van der Waals surface area contributed by atoms with Crippen molar-refractivity contribution in [3.05, 3.63) is 60.6 Å². The zero-order valence-electron chi connectivity index (χ0n) is 11.9. The van der Waals surface area contributed by atoms with Crippen molar-refractivity contribution >= 4 is 17.4 Å². The van der Waals surface area contributed by atoms with Gasteiger partial charge in [-0.05, 0) is 46.8 Å². The van der Waals surface area contributed by atoms with Gasteiger partial charge in [0.15, 0.2) is 0 Å². The largest absolute Gasteiger partial charge is 0.508 e. The Morgan fingerprint density at radius 2 is 1.96 bits per heavy atom. The molecule has 3 heterocycles. The lowest BCUT2D eigenvalue weighted by Crippen LogP contribution is -1.98. The molecule has 0 saturated carbocycles. The van der Waals surface area contributed by atoms with Crippen LogP contribution in [0.15, 0.2) is 60.0 Å². The summed E-state index contributed by atoms with van der Waals surface area (Å²) in [5, 5.41) is 21.8. The van der Waals surface area contributed by atoms with Crippen LogP contribution in [0.1, 0.15) is 5.69 Å². The molecule has 0 aliphatic heterocycles. The van der Waals surface area contributed by atoms with E-state index in [2.05, 4.69) is 20.5 Å². The Kier molecular flexibility index (Phi) is 3.43. The van der Waals surface area contributed by atoms with Crippen molar-refractivity contribution in [2.24, 2.45) is 0 Å². The standard InChI is InChI=1S/C15H12N6OS/c22-13-6-4-12(5-7-13)21-15(17-18-19-21)23-10-11-9-20-8-2-1-3-14(20)16-11/h1-9,22H,10H2. The molecular weight excluding hydrogens is 312 g/mol. The molecule has 4 aromatic rings. The van der Waals surface area contributed by atoms with Crippen molar-refractivity contribution in [1.82, 2.24) is 29.6 Å². The Morgan fingerprint density at radius 1 is 1.09 bits per heavy atom. The highest BCUT2D eigenvalue weighted by atomic mass is 32.2. The van der Waals surface area contributed by atoms with Gasteiger partial charge in [-0.2, -0.15) is 4.68 Å². The van der Waals surface area contributed by atoms with E-state index in [1.165, 1.54) is 11.8 Å². The van der Waals surface area contributed by atoms with E-state index in [0.29, 0.717) is 10.9 Å². The molecule has 23 heavy (non-hydrogen) atoms. The van der Waals surface area contributed by atoms with Crippen LogP contribution in [0, 0.1) is 0 Å². The Morgan fingerprint density at radius 3 is 2.78 bits per heavy atom. The first-order valence-corrected chi connectivity index (χ1v) is 7.91. The molecule has 1 aromatic carbocycles. The van der Waals surface area contributed by atoms with Gasteiger partial charge in [-0.25, -0.2) is 4.98 Å². The average molecular weight is 324 g/mol. The summed E-state index contributed by atoms with van der Waals surface area (Å²) in [6, 6.07) is 12.6. The van der Waals surface area contributed by atoms with Crippen LogP contribution < -0.4 is 0 Å². The fraction of sp³-hybridized carbons (Fsp3) is 0.0667. The number of tetrazole rings is 1. The van der Waals surface area contributed by atoms with E-state index in [4.69, 9.17) is 0 Å². The molecule has 0 unspecified atom stereocenters. The maximum atomic E-state index is 9.37. The maximum Gasteiger partial charge on any atom is 0.214 e. The van der Waals surface area contributed by atoms with E-state index in [9.17, 15) is 5.11 Å². The third kappa shape index (κ3) is 2.76. The number of pyridine rings is 1. The zero-order valence-corrected chi connectivity index (χ0v) is 12.8. The summed E-state index contributed by atoms with van der Waals surface area (Å²) in [6.07, 6.45) is 3.97. The molecule has 3 aromatic heterocycles. The highest BCUT2D eigenvalue weighted by Gasteiger charge is 2.10. The molecule has 0 fully saturated rings. The highest BCUT2D eigenvalue weighted by molar-refractivity contribution is 7.98. The fourth-order valence-corrected chi connectivity index (χ4v) is 2.99. The van der Waals surface area contributed by atoms with Crippen LogP contribution in [-0.2, 0) is 5.75 Å². The predicted molar refractivity (Wildman–Crippen MR) is 85.6 cm³/mol. The third-order valence-electron chi connectivity index (χ3n) is 3.30. The summed E-state index contributed by atoms with van der Waals surface area (Å²) in [6.45, 7) is 0. The lowest BCUT2D eigenvalue weighted by atomic mass is 10.3. The van der Waals surface area contributed by atoms with Crippen molar-refractivity contribution < 1.29 is 5.11 Å². The maximum absolute atomic E-state index is 9.37. The van der Waals surface area contributed by atoms with Crippen molar-refractivity contribution in [2.45, 2.75) is 10.9 Å². The molecule has 1 N–H and O–H groups in total. The first-order chi connectivity index (χ1) is 11.3. The highest BCUT2D eigenvalue weighted by Crippen LogP contribution is 2.23. The van der Waals surface area contributed by atoms with Gasteiger partial charge in [-0.1, -0.05) is 17.8 Å². The Bertz CT molecular complexity index is 913. The van der Waals surface area contributed by atoms with Gasteiger partial charge in [0.1, 0.15) is 11.4 Å². The van der Waals surface area contributed by atoms with E-state index in [1.807, 2.05) is 35.0 Å². The van der Waals surface area contributed by atoms with Crippen molar-refractivity contribution in [3.8, 4) is 11.4 Å². The first kappa shape index (κ1) is 13.8. The molecule has 0 radical (unpaired) electrons. The number of hydrogen-bond acceptors (Lipinski definition) is 6. The van der Waals surface area contributed by atoms with Crippen LogP contribution in [0.25, 0.3) is 11.3 Å². The van der Waals surface area contributed by atoms with Crippen molar-refractivity contribution in [2.75, 3.05) is 0 Å². The Hall–Kier alpha value is -2.87. The average Bonchev–Trinajstić information content (AvgIpc) is 3.19. The minimum Gasteiger partial charge on any atom is -0.508 e. The van der Waals surface area contributed by atoms with Crippen molar-refractivity contribution in [1.29, 1.82) is 0 Å². The number of nitrogens with zero attached hydrogens (tertiary/aromatic N) is 6. The number of phenolic OH excluding ortho intramolecular Hbond substituents is 1. The van der Waals surface area contributed by atoms with E-state index in [-0.39, 0.29) is 5.75 Å². The number of rotatable bonds is 4. The van der Waals surface area contributed by atoms with E-state index >= 15 is 0 Å². The number of hydrogen-bond donors (Lipinski definition) is 1. The molecule has 4 rings (SSSR count). The second-order valence-electron chi connectivity index (χ2n) is 4.88. The Labute approximate surface area is 135 Å². The van der Waals surface area contributed by atoms with Crippen LogP contribution >= 0.6 is 11.8 Å². The summed E-state index contributed by atoms with van der Waals surface area (Å²) in [4.78, 5) is 4.56. The van der Waals surface area contributed by atoms with Gasteiger partial charge in [-0.15, -0.1) is 5.10 Å². The summed E-state index contributed by atoms with van der Waals surface area (Å²) >= 11 is 1.51. The smallest absolute Gasteiger partial charge is 0.214 e. The first-order valence-electron chi connectivity index (χ1n) is 6.93. The van der Waals surface area contributed by atoms with Gasteiger partial charge in [0.2, 0.25) is 5.16 Å². The molecular formula is C15H12N6OS. The van der Waals surface area contributed by atoms with Gasteiger partial charge >= 0.3 is 0 Å². The lowest BCUT2D eigenvalue weighted by Gasteiger charge is -2.03. The second kappa shape index (κ2) is 5.73. The fourth-order valence-electron chi connectivity index (χ4n) is 2.22. The summed E-state index contributed by atoms with van der Waals surface area (Å²) in [5.74, 6) is 0.876. The molecule has 0 saturated heterocycles. The van der Waals surface area contributed by atoms with Gasteiger partial charge in [0.05, 0.1) is 11.4 Å². The van der Waals surface area contributed by atoms with E-state index < -0.39 is 0 Å². The topological polar surface area (TPSA) is 81.1 Å². The predicted octanol–water partition coefficient (Wildman–Crippen LogP) is 2.31. The van der Waals surface area contributed by atoms with Crippen LogP contribution in [0.4, 0.5) is 0 Å². The molecule has 0 spiro atoms. The second-order valence-corrected chi connectivity index (χ2v) is 5.82. The summed E-state index contributed by atoms with van der Waals surface area (Å²) in [7, 11) is 0. The van der Waals surface area contributed by atoms with Gasteiger partial charge in [0, 0.05) is 18.1 Å². The van der Waals surface area contributed by atoms with E-state index in [1.54, 1.807) is 28.9 Å². The van der Waals surface area contributed by atoms with Gasteiger partial charge in [-0.3, -0.25) is 0 Å². The molecule has 7 nitrogen and oxygen atoms in total. The number of aromatic hydroxyl groups is 1. The molecule has 0 bridgehead atoms. The number of fused-ring (bicyclic) bond motifs is 1. The van der Waals surface area contributed by atoms with Crippen LogP contribution in [0.3, 0.4) is 0 Å². The molecule has 0 atom stereocenters. The van der Waals surface area contributed by atoms with Gasteiger partial charge < -0.3 is 9.51 Å².